The molecule has 0 aliphatic heterocycles. The Morgan fingerprint density at radius 2 is 1.81 bits per heavy atom. The molecule has 0 aromatic carbocycles. The number of aliphatic carboxylic acids is 1. The summed E-state index contributed by atoms with van der Waals surface area (Å²) >= 11 is 0. The van der Waals surface area contributed by atoms with Crippen molar-refractivity contribution < 1.29 is 9.90 Å². The molecule has 0 aliphatic carbocycles. The molecule has 0 saturated heterocycles. The van der Waals surface area contributed by atoms with E-state index in [1.165, 1.54) is 6.08 Å². The van der Waals surface area contributed by atoms with Crippen molar-refractivity contribution in [2.45, 2.75) is 44.9 Å². The Kier molecular flexibility index (Phi) is 16.6. The number of hydrogen-bond acceptors (Lipinski definition) is 3. The molecule has 0 aromatic rings. The summed E-state index contributed by atoms with van der Waals surface area (Å²) < 4.78 is 0. The van der Waals surface area contributed by atoms with Gasteiger partial charge in [-0.05, 0) is 26.0 Å². The maximum Gasteiger partial charge on any atom is 0.303 e. The predicted molar refractivity (Wildman–Crippen MR) is 64.5 cm³/mol. The number of carbonyl (C=O) groups is 1. The van der Waals surface area contributed by atoms with E-state index in [4.69, 9.17) is 15.8 Å². The fraction of sp³-hybridized carbons (Fsp3) is 0.583. The molecule has 0 heterocycles. The first-order valence-electron chi connectivity index (χ1n) is 5.39. The van der Waals surface area contributed by atoms with Crippen molar-refractivity contribution in [2.75, 3.05) is 0 Å². The number of rotatable bonds is 8. The van der Waals surface area contributed by atoms with E-state index in [-0.39, 0.29) is 6.42 Å². The summed E-state index contributed by atoms with van der Waals surface area (Å²) in [7, 11) is 0. The zero-order chi connectivity index (χ0) is 12.6. The van der Waals surface area contributed by atoms with Crippen molar-refractivity contribution in [2.24, 2.45) is 0 Å². The fourth-order valence-electron chi connectivity index (χ4n) is 1.20. The second-order valence-corrected chi connectivity index (χ2v) is 3.23. The van der Waals surface area contributed by atoms with Crippen LogP contribution in [0.15, 0.2) is 12.2 Å². The molecule has 0 radical (unpaired) electrons. The van der Waals surface area contributed by atoms with Crippen molar-refractivity contribution in [1.82, 2.24) is 0 Å². The number of carboxylic acids is 1. The highest BCUT2D eigenvalue weighted by Gasteiger charge is 1.95. The molecule has 2 N–H and O–H groups in total. The fourth-order valence-corrected chi connectivity index (χ4v) is 1.20. The third-order valence-electron chi connectivity index (χ3n) is 1.95. The molecular weight excluding hydrogens is 204 g/mol. The molecule has 90 valence electrons. The molecular formula is C12H20N2O2. The molecule has 0 atom stereocenters. The Labute approximate surface area is 97.1 Å². The van der Waals surface area contributed by atoms with Crippen LogP contribution in [0, 0.1) is 16.7 Å². The van der Waals surface area contributed by atoms with E-state index >= 15 is 0 Å². The summed E-state index contributed by atoms with van der Waals surface area (Å²) in [5.74, 6) is -0.707. The molecule has 4 heteroatoms. The maximum absolute atomic E-state index is 10.2. The van der Waals surface area contributed by atoms with Gasteiger partial charge in [0.1, 0.15) is 0 Å². The van der Waals surface area contributed by atoms with E-state index in [2.05, 4.69) is 6.72 Å². The second kappa shape index (κ2) is 15.8. The quantitative estimate of drug-likeness (QED) is 0.377. The van der Waals surface area contributed by atoms with Crippen LogP contribution >= 0.6 is 0 Å². The molecule has 0 spiro atoms. The van der Waals surface area contributed by atoms with Crippen molar-refractivity contribution in [1.29, 1.82) is 10.7 Å². The first-order chi connectivity index (χ1) is 7.77. The predicted octanol–water partition coefficient (Wildman–Crippen LogP) is 3.15. The number of nitrogens with zero attached hydrogens (tertiary/aromatic N) is 1. The SMILES string of the molecule is C=N.N#C/C=C\CCCCCCCC(=O)O. The first kappa shape index (κ1) is 16.8. The molecule has 0 aliphatic rings. The summed E-state index contributed by atoms with van der Waals surface area (Å²) in [6.07, 6.45) is 9.69. The topological polar surface area (TPSA) is 84.9 Å². The number of hydrogen-bond donors (Lipinski definition) is 2. The summed E-state index contributed by atoms with van der Waals surface area (Å²) in [4.78, 5) is 10.2. The summed E-state index contributed by atoms with van der Waals surface area (Å²) in [5.41, 5.74) is 0. The second-order valence-electron chi connectivity index (χ2n) is 3.23. The van der Waals surface area contributed by atoms with Gasteiger partial charge in [0.2, 0.25) is 0 Å². The van der Waals surface area contributed by atoms with Crippen LogP contribution in [0.25, 0.3) is 0 Å². The first-order valence-corrected chi connectivity index (χ1v) is 5.39. The minimum Gasteiger partial charge on any atom is -0.481 e. The van der Waals surface area contributed by atoms with Gasteiger partial charge in [0.15, 0.2) is 0 Å². The highest BCUT2D eigenvalue weighted by molar-refractivity contribution is 5.66. The van der Waals surface area contributed by atoms with E-state index in [1.807, 2.05) is 12.1 Å². The number of nitriles is 1. The van der Waals surface area contributed by atoms with Gasteiger partial charge in [-0.15, -0.1) is 0 Å². The molecule has 0 saturated carbocycles. The largest absolute Gasteiger partial charge is 0.481 e. The molecule has 16 heavy (non-hydrogen) atoms. The van der Waals surface area contributed by atoms with E-state index in [9.17, 15) is 4.79 Å². The third-order valence-corrected chi connectivity index (χ3v) is 1.95. The van der Waals surface area contributed by atoms with Crippen LogP contribution in [-0.4, -0.2) is 17.8 Å². The van der Waals surface area contributed by atoms with Gasteiger partial charge in [0.25, 0.3) is 0 Å². The average Bonchev–Trinajstić information content (AvgIpc) is 2.29. The summed E-state index contributed by atoms with van der Waals surface area (Å²) in [5, 5.41) is 22.1. The highest BCUT2D eigenvalue weighted by atomic mass is 16.4. The Morgan fingerprint density at radius 3 is 2.38 bits per heavy atom. The van der Waals surface area contributed by atoms with Gasteiger partial charge >= 0.3 is 5.97 Å². The minimum atomic E-state index is -0.707. The van der Waals surface area contributed by atoms with E-state index in [0.717, 1.165) is 38.5 Å². The van der Waals surface area contributed by atoms with E-state index < -0.39 is 5.97 Å². The number of carboxylic acid groups (broad SMARTS) is 1. The maximum atomic E-state index is 10.2. The number of unbranched alkanes of at least 4 members (excludes halogenated alkanes) is 5. The highest BCUT2D eigenvalue weighted by Crippen LogP contribution is 2.07. The summed E-state index contributed by atoms with van der Waals surface area (Å²) in [6, 6.07) is 1.95. The van der Waals surface area contributed by atoms with Crippen LogP contribution in [0.4, 0.5) is 0 Å². The van der Waals surface area contributed by atoms with Gasteiger partial charge in [0, 0.05) is 12.5 Å². The Morgan fingerprint density at radius 1 is 1.25 bits per heavy atom. The molecule has 0 bridgehead atoms. The molecule has 4 nitrogen and oxygen atoms in total. The van der Waals surface area contributed by atoms with Crippen LogP contribution in [-0.2, 0) is 4.79 Å². The van der Waals surface area contributed by atoms with Crippen LogP contribution in [0.5, 0.6) is 0 Å². The van der Waals surface area contributed by atoms with Crippen molar-refractivity contribution >= 4 is 12.7 Å². The lowest BCUT2D eigenvalue weighted by Crippen LogP contribution is -1.93. The van der Waals surface area contributed by atoms with Gasteiger partial charge in [-0.25, -0.2) is 0 Å². The molecule has 0 rings (SSSR count). The normalized spacial score (nSPS) is 9.19. The van der Waals surface area contributed by atoms with Gasteiger partial charge in [0.05, 0.1) is 6.07 Å². The molecule has 0 fully saturated rings. The average molecular weight is 224 g/mol. The van der Waals surface area contributed by atoms with Crippen LogP contribution in [0.1, 0.15) is 44.9 Å². The smallest absolute Gasteiger partial charge is 0.303 e. The Balaban J connectivity index is 0. The standard InChI is InChI=1S/C11H17NO2.CH3N/c12-10-8-6-4-2-1-3-5-7-9-11(13)14;1-2/h6,8H,1-5,7,9H2,(H,13,14);2H,1H2/b8-6-;. The lowest BCUT2D eigenvalue weighted by molar-refractivity contribution is -0.137. The van der Waals surface area contributed by atoms with Crippen molar-refractivity contribution in [3.63, 3.8) is 0 Å². The zero-order valence-electron chi connectivity index (χ0n) is 9.61. The van der Waals surface area contributed by atoms with Crippen LogP contribution in [0.2, 0.25) is 0 Å². The van der Waals surface area contributed by atoms with Crippen molar-refractivity contribution in [3.8, 4) is 6.07 Å². The third kappa shape index (κ3) is 18.2. The summed E-state index contributed by atoms with van der Waals surface area (Å²) in [6.45, 7) is 2.50. The Bertz CT molecular complexity index is 232. The minimum absolute atomic E-state index is 0.286. The van der Waals surface area contributed by atoms with E-state index in [1.54, 1.807) is 0 Å². The molecule has 0 amide bonds. The van der Waals surface area contributed by atoms with Crippen LogP contribution < -0.4 is 0 Å². The molecule has 0 aromatic heterocycles. The lowest BCUT2D eigenvalue weighted by Gasteiger charge is -1.97. The molecule has 0 unspecified atom stereocenters. The zero-order valence-corrected chi connectivity index (χ0v) is 9.61. The number of nitrogens with one attached hydrogen (secondary N) is 1. The lowest BCUT2D eigenvalue weighted by atomic mass is 10.1. The van der Waals surface area contributed by atoms with Crippen molar-refractivity contribution in [3.05, 3.63) is 12.2 Å². The van der Waals surface area contributed by atoms with Gasteiger partial charge < -0.3 is 10.5 Å². The van der Waals surface area contributed by atoms with Gasteiger partial charge in [-0.3, -0.25) is 4.79 Å². The monoisotopic (exact) mass is 224 g/mol. The van der Waals surface area contributed by atoms with Gasteiger partial charge in [-0.1, -0.05) is 25.3 Å². The number of allylic oxidation sites excluding steroid dienone is 2. The Hall–Kier alpha value is -1.63. The van der Waals surface area contributed by atoms with Gasteiger partial charge in [-0.2, -0.15) is 5.26 Å². The van der Waals surface area contributed by atoms with Crippen LogP contribution in [0.3, 0.4) is 0 Å². The van der Waals surface area contributed by atoms with E-state index in [0.29, 0.717) is 0 Å².